The average molecular weight is 348 g/mol. The molecular weight excluding hydrogens is 323 g/mol. The van der Waals surface area contributed by atoms with Crippen LogP contribution in [0.1, 0.15) is 31.7 Å². The molecule has 2 amide bonds. The van der Waals surface area contributed by atoms with E-state index >= 15 is 0 Å². The van der Waals surface area contributed by atoms with Crippen LogP contribution in [0, 0.1) is 18.7 Å². The van der Waals surface area contributed by atoms with Crippen LogP contribution < -0.4 is 4.90 Å². The quantitative estimate of drug-likeness (QED) is 0.840. The van der Waals surface area contributed by atoms with E-state index in [1.54, 1.807) is 19.1 Å². The van der Waals surface area contributed by atoms with Crippen LogP contribution in [0.15, 0.2) is 18.2 Å². The molecule has 0 spiro atoms. The van der Waals surface area contributed by atoms with Gasteiger partial charge in [0, 0.05) is 32.7 Å². The lowest BCUT2D eigenvalue weighted by Crippen LogP contribution is -2.44. The van der Waals surface area contributed by atoms with Crippen molar-refractivity contribution in [2.75, 3.05) is 31.1 Å². The molecule has 0 bridgehead atoms. The van der Waals surface area contributed by atoms with Gasteiger partial charge in [-0.25, -0.2) is 4.39 Å². The number of anilines is 1. The van der Waals surface area contributed by atoms with Gasteiger partial charge in [-0.1, -0.05) is 6.07 Å². The summed E-state index contributed by atoms with van der Waals surface area (Å²) in [4.78, 5) is 28.3. The second-order valence-electron chi connectivity index (χ2n) is 6.84. The Balaban J connectivity index is 1.63. The molecule has 136 valence electrons. The topological polar surface area (TPSA) is 49.9 Å². The Morgan fingerprint density at radius 1 is 1.32 bits per heavy atom. The Morgan fingerprint density at radius 3 is 2.68 bits per heavy atom. The molecule has 6 heteroatoms. The molecular formula is C19H25FN2O3. The molecule has 3 rings (SSSR count). The highest BCUT2D eigenvalue weighted by Crippen LogP contribution is 2.29. The summed E-state index contributed by atoms with van der Waals surface area (Å²) in [6, 6.07) is 4.80. The third-order valence-electron chi connectivity index (χ3n) is 5.02. The number of likely N-dealkylation sites (tertiary alicyclic amines) is 1. The maximum Gasteiger partial charge on any atom is 0.228 e. The number of hydrogen-bond acceptors (Lipinski definition) is 3. The molecule has 2 aliphatic rings. The Hall–Kier alpha value is -1.95. The summed E-state index contributed by atoms with van der Waals surface area (Å²) in [7, 11) is 0. The van der Waals surface area contributed by atoms with Crippen molar-refractivity contribution in [3.8, 4) is 0 Å². The van der Waals surface area contributed by atoms with Gasteiger partial charge in [-0.2, -0.15) is 0 Å². The standard InChI is InChI=1S/C19H25FN2O3/c1-3-25-15-6-8-21(9-7-15)19(24)14-11-18(23)22(12-14)17-5-4-13(2)10-16(17)20/h4-5,10,14-15H,3,6-9,11-12H2,1-2H3/t14-/m0/s1. The molecule has 1 aromatic rings. The molecule has 2 saturated heterocycles. The second kappa shape index (κ2) is 7.52. The smallest absolute Gasteiger partial charge is 0.228 e. The SMILES string of the molecule is CCOC1CCN(C(=O)[C@H]2CC(=O)N(c3ccc(C)cc3F)C2)CC1. The molecule has 0 unspecified atom stereocenters. The number of carbonyl (C=O) groups is 2. The number of carbonyl (C=O) groups excluding carboxylic acids is 2. The molecule has 0 radical (unpaired) electrons. The summed E-state index contributed by atoms with van der Waals surface area (Å²) in [6.45, 7) is 6.04. The summed E-state index contributed by atoms with van der Waals surface area (Å²) >= 11 is 0. The van der Waals surface area contributed by atoms with Crippen molar-refractivity contribution in [2.45, 2.75) is 39.2 Å². The fraction of sp³-hybridized carbons (Fsp3) is 0.579. The minimum atomic E-state index is -0.418. The zero-order chi connectivity index (χ0) is 18.0. The van der Waals surface area contributed by atoms with Gasteiger partial charge in [-0.15, -0.1) is 0 Å². The van der Waals surface area contributed by atoms with E-state index in [0.717, 1.165) is 18.4 Å². The first-order valence-electron chi connectivity index (χ1n) is 8.96. The summed E-state index contributed by atoms with van der Waals surface area (Å²) in [5.74, 6) is -1.00. The minimum absolute atomic E-state index is 0.00156. The Bertz CT molecular complexity index is 656. The average Bonchev–Trinajstić information content (AvgIpc) is 2.97. The van der Waals surface area contributed by atoms with Crippen LogP contribution in [0.25, 0.3) is 0 Å². The summed E-state index contributed by atoms with van der Waals surface area (Å²) < 4.78 is 19.8. The number of rotatable bonds is 4. The lowest BCUT2D eigenvalue weighted by molar-refractivity contribution is -0.138. The number of piperidine rings is 1. The van der Waals surface area contributed by atoms with Gasteiger partial charge in [0.25, 0.3) is 0 Å². The maximum absolute atomic E-state index is 14.2. The van der Waals surface area contributed by atoms with Crippen LogP contribution >= 0.6 is 0 Å². The number of hydrogen-bond donors (Lipinski definition) is 0. The van der Waals surface area contributed by atoms with Gasteiger partial charge in [-0.3, -0.25) is 9.59 Å². The van der Waals surface area contributed by atoms with Crippen LogP contribution in [-0.4, -0.2) is 49.1 Å². The molecule has 5 nitrogen and oxygen atoms in total. The van der Waals surface area contributed by atoms with E-state index in [0.29, 0.717) is 19.7 Å². The van der Waals surface area contributed by atoms with Gasteiger partial charge in [-0.05, 0) is 44.4 Å². The van der Waals surface area contributed by atoms with Crippen molar-refractivity contribution in [2.24, 2.45) is 5.92 Å². The number of aryl methyl sites for hydroxylation is 1. The minimum Gasteiger partial charge on any atom is -0.378 e. The second-order valence-corrected chi connectivity index (χ2v) is 6.84. The van der Waals surface area contributed by atoms with Crippen molar-refractivity contribution in [1.29, 1.82) is 0 Å². The Labute approximate surface area is 147 Å². The van der Waals surface area contributed by atoms with Crippen LogP contribution in [0.2, 0.25) is 0 Å². The van der Waals surface area contributed by atoms with Crippen LogP contribution in [-0.2, 0) is 14.3 Å². The van der Waals surface area contributed by atoms with E-state index in [4.69, 9.17) is 4.74 Å². The Kier molecular flexibility index (Phi) is 5.37. The predicted octanol–water partition coefficient (Wildman–Crippen LogP) is 2.51. The highest BCUT2D eigenvalue weighted by atomic mass is 19.1. The van der Waals surface area contributed by atoms with E-state index < -0.39 is 11.7 Å². The number of benzene rings is 1. The molecule has 2 heterocycles. The highest BCUT2D eigenvalue weighted by molar-refractivity contribution is 6.00. The van der Waals surface area contributed by atoms with Gasteiger partial charge in [0.05, 0.1) is 17.7 Å². The third kappa shape index (κ3) is 3.84. The van der Waals surface area contributed by atoms with Crippen LogP contribution in [0.3, 0.4) is 0 Å². The molecule has 0 saturated carbocycles. The normalized spacial score (nSPS) is 21.9. The van der Waals surface area contributed by atoms with Crippen molar-refractivity contribution in [3.63, 3.8) is 0 Å². The number of nitrogens with zero attached hydrogens (tertiary/aromatic N) is 2. The van der Waals surface area contributed by atoms with Gasteiger partial charge in [0.15, 0.2) is 0 Å². The van der Waals surface area contributed by atoms with Gasteiger partial charge in [0.2, 0.25) is 11.8 Å². The van der Waals surface area contributed by atoms with E-state index in [2.05, 4.69) is 0 Å². The van der Waals surface area contributed by atoms with Crippen LogP contribution in [0.4, 0.5) is 10.1 Å². The van der Waals surface area contributed by atoms with Gasteiger partial charge in [0.1, 0.15) is 5.82 Å². The third-order valence-corrected chi connectivity index (χ3v) is 5.02. The van der Waals surface area contributed by atoms with Crippen molar-refractivity contribution < 1.29 is 18.7 Å². The monoisotopic (exact) mass is 348 g/mol. The summed E-state index contributed by atoms with van der Waals surface area (Å²) in [5.41, 5.74) is 1.07. The van der Waals surface area contributed by atoms with E-state index in [1.165, 1.54) is 11.0 Å². The lowest BCUT2D eigenvalue weighted by Gasteiger charge is -2.33. The maximum atomic E-state index is 14.2. The van der Waals surface area contributed by atoms with E-state index in [9.17, 15) is 14.0 Å². The van der Waals surface area contributed by atoms with Crippen LogP contribution in [0.5, 0.6) is 0 Å². The predicted molar refractivity (Wildman–Crippen MR) is 92.8 cm³/mol. The van der Waals surface area contributed by atoms with E-state index in [1.807, 2.05) is 11.8 Å². The molecule has 0 aromatic heterocycles. The van der Waals surface area contributed by atoms with Gasteiger partial charge < -0.3 is 14.5 Å². The summed E-state index contributed by atoms with van der Waals surface area (Å²) in [5, 5.41) is 0. The molecule has 1 atom stereocenters. The first-order chi connectivity index (χ1) is 12.0. The number of amides is 2. The highest BCUT2D eigenvalue weighted by Gasteiger charge is 2.38. The molecule has 25 heavy (non-hydrogen) atoms. The summed E-state index contributed by atoms with van der Waals surface area (Å²) in [6.07, 6.45) is 2.03. The zero-order valence-electron chi connectivity index (χ0n) is 14.8. The van der Waals surface area contributed by atoms with E-state index in [-0.39, 0.29) is 36.6 Å². The molecule has 0 aliphatic carbocycles. The molecule has 2 fully saturated rings. The zero-order valence-corrected chi connectivity index (χ0v) is 14.8. The molecule has 2 aliphatic heterocycles. The molecule has 0 N–H and O–H groups in total. The van der Waals surface area contributed by atoms with Gasteiger partial charge >= 0.3 is 0 Å². The largest absolute Gasteiger partial charge is 0.378 e. The van der Waals surface area contributed by atoms with Crippen molar-refractivity contribution >= 4 is 17.5 Å². The van der Waals surface area contributed by atoms with Crippen molar-refractivity contribution in [3.05, 3.63) is 29.6 Å². The first-order valence-corrected chi connectivity index (χ1v) is 8.96. The number of ether oxygens (including phenoxy) is 1. The number of halogens is 1. The molecule has 1 aromatic carbocycles. The fourth-order valence-electron chi connectivity index (χ4n) is 3.67. The first kappa shape index (κ1) is 17.9. The van der Waals surface area contributed by atoms with Crippen molar-refractivity contribution in [1.82, 2.24) is 4.90 Å². The fourth-order valence-corrected chi connectivity index (χ4v) is 3.67. The Morgan fingerprint density at radius 2 is 2.04 bits per heavy atom. The lowest BCUT2D eigenvalue weighted by atomic mass is 10.0.